The number of hydrogen-bond donors (Lipinski definition) is 0. The molecule has 92 valence electrons. The molecule has 0 bridgehead atoms. The van der Waals surface area contributed by atoms with E-state index in [0.29, 0.717) is 17.2 Å². The summed E-state index contributed by atoms with van der Waals surface area (Å²) in [5.74, 6) is -0.462. The first-order valence-corrected chi connectivity index (χ1v) is 5.79. The Labute approximate surface area is 110 Å². The molecule has 1 aromatic carbocycles. The molecule has 3 nitrogen and oxygen atoms in total. The Morgan fingerprint density at radius 2 is 2.00 bits per heavy atom. The zero-order chi connectivity index (χ0) is 12.8. The first kappa shape index (κ1) is 14.2. The fraction of sp³-hybridized carbons (Fsp3) is 0.333. The average Bonchev–Trinajstić information content (AvgIpc) is 2.26. The number of ketones is 2. The van der Waals surface area contributed by atoms with Gasteiger partial charge in [-0.2, -0.15) is 0 Å². The molecule has 0 atom stereocenters. The van der Waals surface area contributed by atoms with Gasteiger partial charge in [-0.3, -0.25) is 9.59 Å². The van der Waals surface area contributed by atoms with E-state index < -0.39 is 0 Å². The molecule has 0 unspecified atom stereocenters. The van der Waals surface area contributed by atoms with Crippen LogP contribution in [-0.2, 0) is 9.53 Å². The molecular weight excluding hydrogens is 263 g/mol. The van der Waals surface area contributed by atoms with E-state index in [1.807, 2.05) is 0 Å². The van der Waals surface area contributed by atoms with Gasteiger partial charge in [-0.05, 0) is 18.2 Å². The molecule has 1 rings (SSSR count). The molecule has 0 N–H and O–H groups in total. The standard InChI is InChI=1S/C12H12Cl2O3/c1-17-5-4-9(15)7-12(16)10-3-2-8(13)6-11(10)14/h2-3,6H,4-5,7H2,1H3. The van der Waals surface area contributed by atoms with Crippen LogP contribution in [0, 0.1) is 0 Å². The SMILES string of the molecule is COCCC(=O)CC(=O)c1ccc(Cl)cc1Cl. The van der Waals surface area contributed by atoms with Gasteiger partial charge in [-0.25, -0.2) is 0 Å². The zero-order valence-corrected chi connectivity index (χ0v) is 10.8. The van der Waals surface area contributed by atoms with Crippen LogP contribution in [0.5, 0.6) is 0 Å². The van der Waals surface area contributed by atoms with Gasteiger partial charge in [-0.15, -0.1) is 0 Å². The lowest BCUT2D eigenvalue weighted by Gasteiger charge is -2.03. The Morgan fingerprint density at radius 1 is 1.29 bits per heavy atom. The number of Topliss-reactive ketones (excluding diaryl/α,β-unsaturated/α-hetero) is 2. The van der Waals surface area contributed by atoms with Gasteiger partial charge in [0.25, 0.3) is 0 Å². The summed E-state index contributed by atoms with van der Waals surface area (Å²) in [7, 11) is 1.51. The van der Waals surface area contributed by atoms with E-state index in [1.54, 1.807) is 6.07 Å². The van der Waals surface area contributed by atoms with Gasteiger partial charge < -0.3 is 4.74 Å². The predicted molar refractivity (Wildman–Crippen MR) is 66.9 cm³/mol. The zero-order valence-electron chi connectivity index (χ0n) is 9.33. The second-order valence-electron chi connectivity index (χ2n) is 3.51. The van der Waals surface area contributed by atoms with Gasteiger partial charge in [0, 0.05) is 24.1 Å². The molecule has 0 radical (unpaired) electrons. The molecule has 0 aromatic heterocycles. The van der Waals surface area contributed by atoms with Gasteiger partial charge >= 0.3 is 0 Å². The van der Waals surface area contributed by atoms with Crippen molar-refractivity contribution in [2.45, 2.75) is 12.8 Å². The number of ether oxygens (including phenoxy) is 1. The van der Waals surface area contributed by atoms with Gasteiger partial charge in [0.05, 0.1) is 18.1 Å². The van der Waals surface area contributed by atoms with Crippen molar-refractivity contribution in [2.75, 3.05) is 13.7 Å². The normalized spacial score (nSPS) is 10.3. The molecule has 5 heteroatoms. The maximum Gasteiger partial charge on any atom is 0.171 e. The van der Waals surface area contributed by atoms with Crippen molar-refractivity contribution in [1.29, 1.82) is 0 Å². The van der Waals surface area contributed by atoms with Gasteiger partial charge in [-0.1, -0.05) is 23.2 Å². The molecule has 0 saturated heterocycles. The Hall–Kier alpha value is -0.900. The third-order valence-electron chi connectivity index (χ3n) is 2.17. The van der Waals surface area contributed by atoms with Gasteiger partial charge in [0.15, 0.2) is 5.78 Å². The molecule has 0 aliphatic carbocycles. The maximum atomic E-state index is 11.8. The quantitative estimate of drug-likeness (QED) is 0.591. The number of carbonyl (C=O) groups excluding carboxylic acids is 2. The molecule has 1 aromatic rings. The van der Waals surface area contributed by atoms with Crippen LogP contribution in [0.4, 0.5) is 0 Å². The highest BCUT2D eigenvalue weighted by molar-refractivity contribution is 6.37. The second-order valence-corrected chi connectivity index (χ2v) is 4.35. The summed E-state index contributed by atoms with van der Waals surface area (Å²) >= 11 is 11.6. The summed E-state index contributed by atoms with van der Waals surface area (Å²) in [6.07, 6.45) is 0.0676. The summed E-state index contributed by atoms with van der Waals surface area (Å²) in [6, 6.07) is 4.58. The van der Waals surface area contributed by atoms with Crippen LogP contribution in [-0.4, -0.2) is 25.3 Å². The molecule has 0 saturated carbocycles. The van der Waals surface area contributed by atoms with E-state index in [4.69, 9.17) is 27.9 Å². The maximum absolute atomic E-state index is 11.8. The van der Waals surface area contributed by atoms with Crippen molar-refractivity contribution in [2.24, 2.45) is 0 Å². The lowest BCUT2D eigenvalue weighted by atomic mass is 10.0. The number of benzene rings is 1. The summed E-state index contributed by atoms with van der Waals surface area (Å²) in [5, 5.41) is 0.722. The minimum atomic E-state index is -0.298. The first-order valence-electron chi connectivity index (χ1n) is 5.03. The fourth-order valence-electron chi connectivity index (χ4n) is 1.29. The molecule has 0 aliphatic rings. The van der Waals surface area contributed by atoms with Crippen LogP contribution in [0.3, 0.4) is 0 Å². The van der Waals surface area contributed by atoms with Crippen LogP contribution in [0.1, 0.15) is 23.2 Å². The minimum Gasteiger partial charge on any atom is -0.384 e. The minimum absolute atomic E-state index is 0.162. The predicted octanol–water partition coefficient (Wildman–Crippen LogP) is 3.17. The van der Waals surface area contributed by atoms with Crippen molar-refractivity contribution in [3.8, 4) is 0 Å². The first-order chi connectivity index (χ1) is 8.04. The number of methoxy groups -OCH3 is 1. The van der Waals surface area contributed by atoms with Crippen LogP contribution >= 0.6 is 23.2 Å². The van der Waals surface area contributed by atoms with Crippen LogP contribution in [0.25, 0.3) is 0 Å². The molecule has 0 spiro atoms. The monoisotopic (exact) mass is 274 g/mol. The number of hydrogen-bond acceptors (Lipinski definition) is 3. The van der Waals surface area contributed by atoms with Crippen molar-refractivity contribution >= 4 is 34.8 Å². The molecular formula is C12H12Cl2O3. The molecule has 0 amide bonds. The van der Waals surface area contributed by atoms with Crippen LogP contribution < -0.4 is 0 Å². The summed E-state index contributed by atoms with van der Waals surface area (Å²) in [4.78, 5) is 23.2. The Balaban J connectivity index is 2.67. The van der Waals surface area contributed by atoms with E-state index in [0.717, 1.165) is 0 Å². The smallest absolute Gasteiger partial charge is 0.171 e. The van der Waals surface area contributed by atoms with Gasteiger partial charge in [0.1, 0.15) is 5.78 Å². The number of halogens is 2. The summed E-state index contributed by atoms with van der Waals surface area (Å²) in [6.45, 7) is 0.320. The van der Waals surface area contributed by atoms with E-state index in [-0.39, 0.29) is 29.4 Å². The third-order valence-corrected chi connectivity index (χ3v) is 2.72. The van der Waals surface area contributed by atoms with E-state index >= 15 is 0 Å². The number of carbonyl (C=O) groups is 2. The average molecular weight is 275 g/mol. The second kappa shape index (κ2) is 6.74. The molecule has 0 aliphatic heterocycles. The van der Waals surface area contributed by atoms with Crippen LogP contribution in [0.15, 0.2) is 18.2 Å². The lowest BCUT2D eigenvalue weighted by molar-refractivity contribution is -0.119. The largest absolute Gasteiger partial charge is 0.384 e. The molecule has 17 heavy (non-hydrogen) atoms. The number of rotatable bonds is 6. The molecule has 0 fully saturated rings. The Bertz CT molecular complexity index is 430. The highest BCUT2D eigenvalue weighted by Gasteiger charge is 2.14. The molecule has 0 heterocycles. The van der Waals surface area contributed by atoms with E-state index in [2.05, 4.69) is 0 Å². The van der Waals surface area contributed by atoms with Crippen LogP contribution in [0.2, 0.25) is 10.0 Å². The summed E-state index contributed by atoms with van der Waals surface area (Å²) in [5.41, 5.74) is 0.321. The topological polar surface area (TPSA) is 43.4 Å². The van der Waals surface area contributed by atoms with Crippen molar-refractivity contribution in [3.05, 3.63) is 33.8 Å². The fourth-order valence-corrected chi connectivity index (χ4v) is 1.81. The van der Waals surface area contributed by atoms with E-state index in [9.17, 15) is 9.59 Å². The Morgan fingerprint density at radius 3 is 2.59 bits per heavy atom. The van der Waals surface area contributed by atoms with E-state index in [1.165, 1.54) is 19.2 Å². The van der Waals surface area contributed by atoms with Crippen molar-refractivity contribution in [3.63, 3.8) is 0 Å². The highest BCUT2D eigenvalue weighted by Crippen LogP contribution is 2.22. The van der Waals surface area contributed by atoms with Crippen molar-refractivity contribution in [1.82, 2.24) is 0 Å². The third kappa shape index (κ3) is 4.46. The van der Waals surface area contributed by atoms with Gasteiger partial charge in [0.2, 0.25) is 0 Å². The van der Waals surface area contributed by atoms with Crippen molar-refractivity contribution < 1.29 is 14.3 Å². The highest BCUT2D eigenvalue weighted by atomic mass is 35.5. The summed E-state index contributed by atoms with van der Waals surface area (Å²) < 4.78 is 4.76. The lowest BCUT2D eigenvalue weighted by Crippen LogP contribution is -2.10. The Kier molecular flexibility index (Phi) is 5.62.